The van der Waals surface area contributed by atoms with E-state index in [-0.39, 0.29) is 0 Å². The number of halogens is 3. The van der Waals surface area contributed by atoms with Crippen LogP contribution in [0, 0.1) is 12.8 Å². The normalized spacial score (nSPS) is 22.7. The Morgan fingerprint density at radius 2 is 1.61 bits per heavy atom. The Balaban J connectivity index is 0.00000149. The lowest BCUT2D eigenvalue weighted by Crippen LogP contribution is -2.51. The number of piperidine rings is 1. The molecule has 0 aromatic heterocycles. The highest BCUT2D eigenvalue weighted by Crippen LogP contribution is 2.45. The summed E-state index contributed by atoms with van der Waals surface area (Å²) in [7, 11) is 0. The molecule has 0 amide bonds. The van der Waals surface area contributed by atoms with Gasteiger partial charge in [-0.05, 0) is 81.5 Å². The zero-order valence-electron chi connectivity index (χ0n) is 20.1. The number of aryl methyl sites for hydroxylation is 2. The summed E-state index contributed by atoms with van der Waals surface area (Å²) in [5.74, 6) is 0.619. The molecule has 1 saturated carbocycles. The van der Waals surface area contributed by atoms with Crippen LogP contribution in [0.4, 0.5) is 13.2 Å². The first-order valence-corrected chi connectivity index (χ1v) is 12.2. The number of hydrogen-bond acceptors (Lipinski definition) is 1. The lowest BCUT2D eigenvalue weighted by Gasteiger charge is -2.49. The summed E-state index contributed by atoms with van der Waals surface area (Å²) >= 11 is 0. The van der Waals surface area contributed by atoms with Gasteiger partial charge in [-0.1, -0.05) is 48.4 Å². The number of alkyl halides is 3. The van der Waals surface area contributed by atoms with Gasteiger partial charge >= 0.3 is 6.18 Å². The van der Waals surface area contributed by atoms with Crippen molar-refractivity contribution >= 4 is 0 Å². The SMILES string of the molecule is C=C.Cc1ccc(C2(CN3C[C@H](CCc4ccc(C(F)(F)F)cc4)CC[C@@H]3C)CCC2)cc1. The molecule has 0 N–H and O–H groups in total. The quantitative estimate of drug-likeness (QED) is 0.398. The van der Waals surface area contributed by atoms with Crippen molar-refractivity contribution in [1.82, 2.24) is 4.90 Å². The summed E-state index contributed by atoms with van der Waals surface area (Å²) in [6, 6.07) is 15.4. The average Bonchev–Trinajstić information content (AvgIpc) is 2.78. The van der Waals surface area contributed by atoms with E-state index >= 15 is 0 Å². The van der Waals surface area contributed by atoms with Gasteiger partial charge in [-0.3, -0.25) is 4.90 Å². The van der Waals surface area contributed by atoms with E-state index < -0.39 is 11.7 Å². The molecule has 1 aliphatic carbocycles. The third kappa shape index (κ3) is 6.29. The van der Waals surface area contributed by atoms with Crippen LogP contribution in [0.15, 0.2) is 61.7 Å². The van der Waals surface area contributed by atoms with Gasteiger partial charge in [0.05, 0.1) is 5.56 Å². The number of nitrogens with zero attached hydrogens (tertiary/aromatic N) is 1. The fraction of sp³-hybridized carbons (Fsp3) is 0.517. The largest absolute Gasteiger partial charge is 0.416 e. The molecule has 180 valence electrons. The molecule has 2 aliphatic rings. The van der Waals surface area contributed by atoms with Gasteiger partial charge < -0.3 is 0 Å². The molecule has 1 nitrogen and oxygen atoms in total. The Morgan fingerprint density at radius 3 is 2.15 bits per heavy atom. The molecule has 1 aliphatic heterocycles. The van der Waals surface area contributed by atoms with Crippen molar-refractivity contribution in [3.63, 3.8) is 0 Å². The molecule has 0 radical (unpaired) electrons. The third-order valence-electron chi connectivity index (χ3n) is 7.71. The van der Waals surface area contributed by atoms with Gasteiger partial charge in [0.15, 0.2) is 0 Å². The van der Waals surface area contributed by atoms with Crippen molar-refractivity contribution in [2.45, 2.75) is 76.4 Å². The minimum Gasteiger partial charge on any atom is -0.300 e. The minimum absolute atomic E-state index is 0.303. The topological polar surface area (TPSA) is 3.24 Å². The first kappa shape index (κ1) is 25.6. The molecule has 1 saturated heterocycles. The summed E-state index contributed by atoms with van der Waals surface area (Å²) in [5, 5.41) is 0. The van der Waals surface area contributed by atoms with Crippen LogP contribution < -0.4 is 0 Å². The van der Waals surface area contributed by atoms with Crippen molar-refractivity contribution in [2.75, 3.05) is 13.1 Å². The van der Waals surface area contributed by atoms with Gasteiger partial charge in [-0.25, -0.2) is 0 Å². The summed E-state index contributed by atoms with van der Waals surface area (Å²) in [5.41, 5.74) is 3.55. The molecule has 0 unspecified atom stereocenters. The zero-order valence-corrected chi connectivity index (χ0v) is 20.1. The van der Waals surface area contributed by atoms with Crippen LogP contribution in [0.3, 0.4) is 0 Å². The summed E-state index contributed by atoms with van der Waals surface area (Å²) in [4.78, 5) is 2.69. The van der Waals surface area contributed by atoms with Crippen molar-refractivity contribution in [3.8, 4) is 0 Å². The molecule has 0 spiro atoms. The molecule has 4 heteroatoms. The molecule has 4 rings (SSSR count). The van der Waals surface area contributed by atoms with Gasteiger partial charge in [0.25, 0.3) is 0 Å². The lowest BCUT2D eigenvalue weighted by atomic mass is 9.63. The first-order valence-electron chi connectivity index (χ1n) is 12.2. The maximum Gasteiger partial charge on any atom is 0.416 e. The Morgan fingerprint density at radius 1 is 0.970 bits per heavy atom. The fourth-order valence-electron chi connectivity index (χ4n) is 5.39. The maximum atomic E-state index is 12.8. The molecule has 33 heavy (non-hydrogen) atoms. The predicted octanol–water partition coefficient (Wildman–Crippen LogP) is 7.97. The standard InChI is InChI=1S/C27H34F3N.C2H4/c1-20-4-12-24(13-5-20)26(16-3-17-26)19-31-18-23(7-6-21(31)2)9-8-22-10-14-25(15-11-22)27(28,29)30;1-2/h4-5,10-15,21,23H,3,6-9,16-19H2,1-2H3;1-2H2/t21-,23-;/m0./s1. The number of rotatable bonds is 6. The van der Waals surface area contributed by atoms with Crippen LogP contribution in [0.25, 0.3) is 0 Å². The van der Waals surface area contributed by atoms with E-state index in [2.05, 4.69) is 56.2 Å². The van der Waals surface area contributed by atoms with Crippen LogP contribution in [0.5, 0.6) is 0 Å². The van der Waals surface area contributed by atoms with Gasteiger partial charge in [0.1, 0.15) is 0 Å². The maximum absolute atomic E-state index is 12.8. The van der Waals surface area contributed by atoms with Crippen LogP contribution in [-0.4, -0.2) is 24.0 Å². The van der Waals surface area contributed by atoms with Gasteiger partial charge in [0, 0.05) is 24.5 Å². The van der Waals surface area contributed by atoms with Crippen molar-refractivity contribution in [1.29, 1.82) is 0 Å². The molecular formula is C29H38F3N. The Kier molecular flexibility index (Phi) is 8.44. The molecule has 2 aromatic rings. The van der Waals surface area contributed by atoms with Gasteiger partial charge in [0.2, 0.25) is 0 Å². The second-order valence-electron chi connectivity index (χ2n) is 9.96. The second kappa shape index (κ2) is 10.9. The number of hydrogen-bond donors (Lipinski definition) is 0. The Bertz CT molecular complexity index is 865. The zero-order chi connectivity index (χ0) is 24.1. The van der Waals surface area contributed by atoms with Crippen LogP contribution >= 0.6 is 0 Å². The van der Waals surface area contributed by atoms with E-state index in [0.29, 0.717) is 17.4 Å². The molecular weight excluding hydrogens is 419 g/mol. The molecule has 2 aromatic carbocycles. The van der Waals surface area contributed by atoms with Crippen molar-refractivity contribution < 1.29 is 13.2 Å². The van der Waals surface area contributed by atoms with E-state index in [1.165, 1.54) is 55.4 Å². The monoisotopic (exact) mass is 457 g/mol. The molecule has 0 bridgehead atoms. The van der Waals surface area contributed by atoms with Gasteiger partial charge in [-0.2, -0.15) is 13.2 Å². The van der Waals surface area contributed by atoms with E-state index in [4.69, 9.17) is 0 Å². The van der Waals surface area contributed by atoms with E-state index in [1.54, 1.807) is 12.1 Å². The number of benzene rings is 2. The lowest BCUT2D eigenvalue weighted by molar-refractivity contribution is -0.137. The molecule has 2 atom stereocenters. The summed E-state index contributed by atoms with van der Waals surface area (Å²) < 4.78 is 38.3. The summed E-state index contributed by atoms with van der Waals surface area (Å²) in [6.07, 6.45) is 3.93. The average molecular weight is 458 g/mol. The first-order chi connectivity index (χ1) is 15.7. The number of likely N-dealkylation sites (tertiary alicyclic amines) is 1. The highest BCUT2D eigenvalue weighted by molar-refractivity contribution is 5.31. The molecule has 1 heterocycles. The Labute approximate surface area is 197 Å². The van der Waals surface area contributed by atoms with E-state index in [0.717, 1.165) is 31.5 Å². The third-order valence-corrected chi connectivity index (χ3v) is 7.71. The van der Waals surface area contributed by atoms with Crippen molar-refractivity contribution in [3.05, 3.63) is 83.9 Å². The van der Waals surface area contributed by atoms with Crippen molar-refractivity contribution in [2.24, 2.45) is 5.92 Å². The van der Waals surface area contributed by atoms with E-state index in [9.17, 15) is 13.2 Å². The van der Waals surface area contributed by atoms with Crippen LogP contribution in [0.2, 0.25) is 0 Å². The van der Waals surface area contributed by atoms with E-state index in [1.807, 2.05) is 0 Å². The smallest absolute Gasteiger partial charge is 0.300 e. The highest BCUT2D eigenvalue weighted by Gasteiger charge is 2.41. The predicted molar refractivity (Wildman–Crippen MR) is 131 cm³/mol. The highest BCUT2D eigenvalue weighted by atomic mass is 19.4. The Hall–Kier alpha value is -2.07. The van der Waals surface area contributed by atoms with Crippen LogP contribution in [-0.2, 0) is 18.0 Å². The summed E-state index contributed by atoms with van der Waals surface area (Å²) in [6.45, 7) is 12.7. The minimum atomic E-state index is -4.26. The second-order valence-corrected chi connectivity index (χ2v) is 9.96. The molecule has 2 fully saturated rings. The van der Waals surface area contributed by atoms with Gasteiger partial charge in [-0.15, -0.1) is 13.2 Å². The van der Waals surface area contributed by atoms with Crippen LogP contribution in [0.1, 0.15) is 67.7 Å². The fourth-order valence-corrected chi connectivity index (χ4v) is 5.39.